The maximum absolute atomic E-state index is 13.4. The Morgan fingerprint density at radius 2 is 1.55 bits per heavy atom. The van der Waals surface area contributed by atoms with Gasteiger partial charge in [-0.1, -0.05) is 24.3 Å². The van der Waals surface area contributed by atoms with Gasteiger partial charge in [-0.15, -0.1) is 10.2 Å². The van der Waals surface area contributed by atoms with Crippen LogP contribution in [0.2, 0.25) is 0 Å². The Hall–Kier alpha value is -2.56. The molecule has 0 saturated carbocycles. The number of nitrogens with zero attached hydrogens (tertiary/aromatic N) is 2. The second-order valence-corrected chi connectivity index (χ2v) is 4.35. The van der Waals surface area contributed by atoms with Gasteiger partial charge in [0.15, 0.2) is 5.82 Å². The lowest BCUT2D eigenvalue weighted by Crippen LogP contribution is -1.98. The van der Waals surface area contributed by atoms with Gasteiger partial charge < -0.3 is 5.32 Å². The highest BCUT2D eigenvalue weighted by molar-refractivity contribution is 5.99. The van der Waals surface area contributed by atoms with Crippen molar-refractivity contribution in [3.05, 3.63) is 54.1 Å². The van der Waals surface area contributed by atoms with Gasteiger partial charge in [-0.2, -0.15) is 0 Å². The smallest absolute Gasteiger partial charge is 0.156 e. The molecule has 0 amide bonds. The fraction of sp³-hybridized carbons (Fsp3) is 0.0667. The lowest BCUT2D eigenvalue weighted by molar-refractivity contribution is 0.584. The zero-order chi connectivity index (χ0) is 14.1. The molecule has 0 aliphatic carbocycles. The summed E-state index contributed by atoms with van der Waals surface area (Å²) in [5.74, 6) is -0.645. The first kappa shape index (κ1) is 12.5. The average molecular weight is 271 g/mol. The summed E-state index contributed by atoms with van der Waals surface area (Å²) >= 11 is 0. The molecule has 0 atom stereocenters. The van der Waals surface area contributed by atoms with Crippen molar-refractivity contribution >= 4 is 16.6 Å². The summed E-state index contributed by atoms with van der Waals surface area (Å²) in [5.41, 5.74) is 0.826. The molecule has 3 aromatic rings. The standard InChI is InChI=1S/C15H11F2N3/c1-18-15-13-5-3-2-4-12(13)14(19-20-15)9-6-10(16)8-11(17)7-9/h2-8H,1H3,(H,18,20). The summed E-state index contributed by atoms with van der Waals surface area (Å²) in [4.78, 5) is 0. The third kappa shape index (κ3) is 2.07. The third-order valence-corrected chi connectivity index (χ3v) is 3.06. The van der Waals surface area contributed by atoms with Crippen molar-refractivity contribution in [2.45, 2.75) is 0 Å². The molecule has 0 aliphatic rings. The normalized spacial score (nSPS) is 10.8. The van der Waals surface area contributed by atoms with Crippen LogP contribution in [0.15, 0.2) is 42.5 Å². The van der Waals surface area contributed by atoms with Gasteiger partial charge in [0.25, 0.3) is 0 Å². The van der Waals surface area contributed by atoms with E-state index in [1.807, 2.05) is 24.3 Å². The van der Waals surface area contributed by atoms with Crippen LogP contribution in [0.5, 0.6) is 0 Å². The van der Waals surface area contributed by atoms with Crippen LogP contribution in [0.4, 0.5) is 14.6 Å². The summed E-state index contributed by atoms with van der Waals surface area (Å²) in [6.45, 7) is 0. The van der Waals surface area contributed by atoms with Crippen molar-refractivity contribution in [2.75, 3.05) is 12.4 Å². The summed E-state index contributed by atoms with van der Waals surface area (Å²) < 4.78 is 26.7. The van der Waals surface area contributed by atoms with Crippen molar-refractivity contribution in [3.8, 4) is 11.3 Å². The van der Waals surface area contributed by atoms with E-state index in [1.54, 1.807) is 7.05 Å². The quantitative estimate of drug-likeness (QED) is 0.773. The van der Waals surface area contributed by atoms with Gasteiger partial charge in [-0.05, 0) is 12.1 Å². The summed E-state index contributed by atoms with van der Waals surface area (Å²) in [6, 6.07) is 10.8. The predicted octanol–water partition coefficient (Wildman–Crippen LogP) is 3.62. The van der Waals surface area contributed by atoms with E-state index in [1.165, 1.54) is 12.1 Å². The van der Waals surface area contributed by atoms with E-state index in [0.29, 0.717) is 17.1 Å². The molecule has 0 aliphatic heterocycles. The Morgan fingerprint density at radius 3 is 2.20 bits per heavy atom. The van der Waals surface area contributed by atoms with Crippen LogP contribution in [0.25, 0.3) is 22.0 Å². The maximum Gasteiger partial charge on any atom is 0.156 e. The van der Waals surface area contributed by atoms with Crippen LogP contribution >= 0.6 is 0 Å². The number of benzene rings is 2. The van der Waals surface area contributed by atoms with E-state index in [0.717, 1.165) is 16.8 Å². The predicted molar refractivity (Wildman–Crippen MR) is 74.4 cm³/mol. The van der Waals surface area contributed by atoms with E-state index in [4.69, 9.17) is 0 Å². The molecule has 2 aromatic carbocycles. The molecule has 0 unspecified atom stereocenters. The van der Waals surface area contributed by atoms with Crippen LogP contribution in [0.1, 0.15) is 0 Å². The van der Waals surface area contributed by atoms with Crippen LogP contribution in [0, 0.1) is 11.6 Å². The minimum absolute atomic E-state index is 0.369. The Morgan fingerprint density at radius 1 is 0.900 bits per heavy atom. The minimum Gasteiger partial charge on any atom is -0.371 e. The molecular weight excluding hydrogens is 260 g/mol. The Balaban J connectivity index is 2.31. The molecule has 3 nitrogen and oxygen atoms in total. The highest BCUT2D eigenvalue weighted by Gasteiger charge is 2.11. The van der Waals surface area contributed by atoms with Crippen LogP contribution in [-0.4, -0.2) is 17.2 Å². The van der Waals surface area contributed by atoms with Gasteiger partial charge in [-0.3, -0.25) is 0 Å². The third-order valence-electron chi connectivity index (χ3n) is 3.06. The van der Waals surface area contributed by atoms with Gasteiger partial charge in [0.05, 0.1) is 0 Å². The first-order valence-corrected chi connectivity index (χ1v) is 6.08. The Kier molecular flexibility index (Phi) is 3.02. The molecule has 20 heavy (non-hydrogen) atoms. The number of rotatable bonds is 2. The number of aromatic nitrogens is 2. The van der Waals surface area contributed by atoms with Gasteiger partial charge >= 0.3 is 0 Å². The fourth-order valence-electron chi connectivity index (χ4n) is 2.19. The van der Waals surface area contributed by atoms with E-state index in [-0.39, 0.29) is 0 Å². The number of nitrogens with one attached hydrogen (secondary N) is 1. The van der Waals surface area contributed by atoms with Gasteiger partial charge in [0.1, 0.15) is 17.3 Å². The lowest BCUT2D eigenvalue weighted by Gasteiger charge is -2.09. The number of hydrogen-bond donors (Lipinski definition) is 1. The highest BCUT2D eigenvalue weighted by Crippen LogP contribution is 2.30. The van der Waals surface area contributed by atoms with Crippen LogP contribution in [0.3, 0.4) is 0 Å². The van der Waals surface area contributed by atoms with Crippen molar-refractivity contribution in [1.82, 2.24) is 10.2 Å². The van der Waals surface area contributed by atoms with E-state index < -0.39 is 11.6 Å². The largest absolute Gasteiger partial charge is 0.371 e. The van der Waals surface area contributed by atoms with Crippen molar-refractivity contribution in [2.24, 2.45) is 0 Å². The van der Waals surface area contributed by atoms with E-state index in [2.05, 4.69) is 15.5 Å². The second kappa shape index (κ2) is 4.85. The van der Waals surface area contributed by atoms with Crippen molar-refractivity contribution < 1.29 is 8.78 Å². The molecule has 1 heterocycles. The first-order chi connectivity index (χ1) is 9.69. The lowest BCUT2D eigenvalue weighted by atomic mass is 10.0. The zero-order valence-corrected chi connectivity index (χ0v) is 10.7. The average Bonchev–Trinajstić information content (AvgIpc) is 2.45. The molecule has 100 valence electrons. The Labute approximate surface area is 114 Å². The highest BCUT2D eigenvalue weighted by atomic mass is 19.1. The minimum atomic E-state index is -0.636. The molecule has 1 N–H and O–H groups in total. The van der Waals surface area contributed by atoms with Crippen molar-refractivity contribution in [3.63, 3.8) is 0 Å². The first-order valence-electron chi connectivity index (χ1n) is 6.08. The van der Waals surface area contributed by atoms with Crippen LogP contribution in [-0.2, 0) is 0 Å². The SMILES string of the molecule is CNc1nnc(-c2cc(F)cc(F)c2)c2ccccc12. The molecule has 5 heteroatoms. The second-order valence-electron chi connectivity index (χ2n) is 4.35. The molecule has 3 rings (SSSR count). The fourth-order valence-corrected chi connectivity index (χ4v) is 2.19. The van der Waals surface area contributed by atoms with Gasteiger partial charge in [0, 0.05) is 29.4 Å². The van der Waals surface area contributed by atoms with Crippen molar-refractivity contribution in [1.29, 1.82) is 0 Å². The summed E-state index contributed by atoms with van der Waals surface area (Å²) in [6.07, 6.45) is 0. The number of hydrogen-bond acceptors (Lipinski definition) is 3. The monoisotopic (exact) mass is 271 g/mol. The van der Waals surface area contributed by atoms with Gasteiger partial charge in [-0.25, -0.2) is 8.78 Å². The zero-order valence-electron chi connectivity index (χ0n) is 10.7. The van der Waals surface area contributed by atoms with E-state index >= 15 is 0 Å². The van der Waals surface area contributed by atoms with Gasteiger partial charge in [0.2, 0.25) is 0 Å². The summed E-state index contributed by atoms with van der Waals surface area (Å²) in [7, 11) is 1.75. The molecular formula is C15H11F2N3. The topological polar surface area (TPSA) is 37.8 Å². The molecule has 0 bridgehead atoms. The number of anilines is 1. The van der Waals surface area contributed by atoms with Crippen LogP contribution < -0.4 is 5.32 Å². The Bertz CT molecular complexity index is 767. The number of halogens is 2. The van der Waals surface area contributed by atoms with E-state index in [9.17, 15) is 8.78 Å². The number of fused-ring (bicyclic) bond motifs is 1. The molecule has 1 aromatic heterocycles. The molecule has 0 spiro atoms. The molecule has 0 saturated heterocycles. The molecule has 0 fully saturated rings. The maximum atomic E-state index is 13.4. The molecule has 0 radical (unpaired) electrons. The summed E-state index contributed by atoms with van der Waals surface area (Å²) in [5, 5.41) is 12.7.